The topological polar surface area (TPSA) is 170 Å². The van der Waals surface area contributed by atoms with E-state index >= 15 is 0 Å². The number of fused-ring (bicyclic) bond motifs is 1. The molecule has 0 atom stereocenters. The predicted octanol–water partition coefficient (Wildman–Crippen LogP) is 4.39. The Morgan fingerprint density at radius 1 is 1.16 bits per heavy atom. The van der Waals surface area contributed by atoms with Crippen molar-refractivity contribution >= 4 is 38.3 Å². The second-order valence-corrected chi connectivity index (χ2v) is 10.9. The van der Waals surface area contributed by atoms with Crippen LogP contribution in [-0.2, 0) is 15.4 Å². The fraction of sp³-hybridized carbons (Fsp3) is 0.240. The van der Waals surface area contributed by atoms with Crippen molar-refractivity contribution in [2.75, 3.05) is 23.8 Å². The number of ether oxygens (including phenoxy) is 2. The minimum absolute atomic E-state index is 0.119. The number of nitrogen functional groups attached to an aromatic ring is 1. The highest BCUT2D eigenvalue weighted by atomic mass is 32.2. The number of aromatic amines is 1. The van der Waals surface area contributed by atoms with Gasteiger partial charge in [0.1, 0.15) is 12.0 Å². The second kappa shape index (κ2) is 10.7. The number of benzene rings is 2. The molecule has 0 saturated carbocycles. The van der Waals surface area contributed by atoms with Crippen LogP contribution in [-0.4, -0.2) is 47.8 Å². The largest absolute Gasteiger partial charge is 0.492 e. The molecule has 4 aromatic rings. The Hall–Kier alpha value is -4.32. The molecule has 0 saturated heterocycles. The van der Waals surface area contributed by atoms with Gasteiger partial charge >= 0.3 is 5.97 Å². The maximum atomic E-state index is 11.3. The van der Waals surface area contributed by atoms with Crippen molar-refractivity contribution < 1.29 is 27.8 Å². The number of rotatable bonds is 6. The Labute approximate surface area is 214 Å². The molecule has 0 spiro atoms. The molecule has 196 valence electrons. The van der Waals surface area contributed by atoms with Crippen LogP contribution in [0.15, 0.2) is 55.0 Å². The summed E-state index contributed by atoms with van der Waals surface area (Å²) in [4.78, 5) is 21.5. The van der Waals surface area contributed by atoms with Gasteiger partial charge in [0.15, 0.2) is 11.5 Å². The third-order valence-electron chi connectivity index (χ3n) is 5.10. The number of hydrogen-bond donors (Lipinski definition) is 4. The van der Waals surface area contributed by atoms with Gasteiger partial charge in [-0.1, -0.05) is 32.9 Å². The Kier molecular flexibility index (Phi) is 7.92. The molecule has 5 N–H and O–H groups in total. The van der Waals surface area contributed by atoms with Crippen molar-refractivity contribution in [1.82, 2.24) is 15.0 Å². The lowest BCUT2D eigenvalue weighted by Crippen LogP contribution is -2.15. The molecule has 0 fully saturated rings. The van der Waals surface area contributed by atoms with Gasteiger partial charge < -0.3 is 25.3 Å². The molecule has 0 radical (unpaired) electrons. The third kappa shape index (κ3) is 7.10. The van der Waals surface area contributed by atoms with Crippen LogP contribution < -0.4 is 19.9 Å². The molecule has 2 aromatic heterocycles. The van der Waals surface area contributed by atoms with Gasteiger partial charge in [0.25, 0.3) is 0 Å². The van der Waals surface area contributed by atoms with Gasteiger partial charge in [-0.3, -0.25) is 4.72 Å². The van der Waals surface area contributed by atoms with Crippen LogP contribution in [0.2, 0.25) is 0 Å². The SMILES string of the molecule is COc1c(N)cc(C(C)(C)C)cc1NS(C)(=O)=O.O=C(O)c1cc2cccc(Oc3ccncn3)c2[nH]1. The van der Waals surface area contributed by atoms with Crippen molar-refractivity contribution in [3.05, 3.63) is 66.2 Å². The maximum absolute atomic E-state index is 11.3. The van der Waals surface area contributed by atoms with E-state index in [4.69, 9.17) is 20.3 Å². The first kappa shape index (κ1) is 27.3. The maximum Gasteiger partial charge on any atom is 0.352 e. The summed E-state index contributed by atoms with van der Waals surface area (Å²) in [5, 5.41) is 9.74. The molecule has 2 heterocycles. The number of H-pyrrole nitrogens is 1. The summed E-state index contributed by atoms with van der Waals surface area (Å²) in [7, 11) is -1.92. The number of nitrogens with two attached hydrogens (primary N) is 1. The van der Waals surface area contributed by atoms with Gasteiger partial charge in [-0.2, -0.15) is 0 Å². The summed E-state index contributed by atoms with van der Waals surface area (Å²) >= 11 is 0. The standard InChI is InChI=1S/C13H9N3O3.C12H20N2O3S/c17-13(18)9-6-8-2-1-3-10(12(8)16-9)19-11-4-5-14-7-15-11;1-12(2,3)8-6-9(13)11(17-4)10(7-8)14-18(5,15)16/h1-7,16H,(H,17,18);6-7,14H,13H2,1-5H3. The minimum Gasteiger partial charge on any atom is -0.492 e. The van der Waals surface area contributed by atoms with Crippen LogP contribution in [0.4, 0.5) is 11.4 Å². The number of anilines is 2. The van der Waals surface area contributed by atoms with Gasteiger partial charge in [-0.15, -0.1) is 0 Å². The molecule has 12 heteroatoms. The zero-order chi connectivity index (χ0) is 27.4. The van der Waals surface area contributed by atoms with Gasteiger partial charge in [-0.05, 0) is 35.2 Å². The molecule has 2 aromatic carbocycles. The molecular formula is C25H29N5O6S. The lowest BCUT2D eigenvalue weighted by Gasteiger charge is -2.22. The molecule has 0 amide bonds. The highest BCUT2D eigenvalue weighted by Gasteiger charge is 2.20. The number of methoxy groups -OCH3 is 1. The van der Waals surface area contributed by atoms with Crippen molar-refractivity contribution in [3.8, 4) is 17.4 Å². The van der Waals surface area contributed by atoms with Crippen molar-refractivity contribution in [2.45, 2.75) is 26.2 Å². The fourth-order valence-electron chi connectivity index (χ4n) is 3.37. The Morgan fingerprint density at radius 2 is 1.89 bits per heavy atom. The lowest BCUT2D eigenvalue weighted by atomic mass is 9.86. The molecule has 37 heavy (non-hydrogen) atoms. The summed E-state index contributed by atoms with van der Waals surface area (Å²) in [5.41, 5.74) is 8.22. The number of para-hydroxylation sites is 1. The Bertz CT molecular complexity index is 1510. The Morgan fingerprint density at radius 3 is 2.46 bits per heavy atom. The number of nitrogens with zero attached hydrogens (tertiary/aromatic N) is 2. The zero-order valence-electron chi connectivity index (χ0n) is 21.1. The van der Waals surface area contributed by atoms with Crippen LogP contribution in [0, 0.1) is 0 Å². The van der Waals surface area contributed by atoms with Crippen molar-refractivity contribution in [2.24, 2.45) is 0 Å². The summed E-state index contributed by atoms with van der Waals surface area (Å²) in [5.74, 6) is 0.246. The monoisotopic (exact) mass is 527 g/mol. The summed E-state index contributed by atoms with van der Waals surface area (Å²) in [6, 6.07) is 12.1. The highest BCUT2D eigenvalue weighted by Crippen LogP contribution is 2.37. The molecule has 0 bridgehead atoms. The van der Waals surface area contributed by atoms with E-state index in [1.54, 1.807) is 42.6 Å². The van der Waals surface area contributed by atoms with E-state index in [0.717, 1.165) is 17.2 Å². The van der Waals surface area contributed by atoms with E-state index in [2.05, 4.69) is 19.7 Å². The van der Waals surface area contributed by atoms with Crippen LogP contribution in [0.25, 0.3) is 10.9 Å². The van der Waals surface area contributed by atoms with Gasteiger partial charge in [0.2, 0.25) is 15.9 Å². The lowest BCUT2D eigenvalue weighted by molar-refractivity contribution is 0.0691. The first-order valence-electron chi connectivity index (χ1n) is 11.0. The van der Waals surface area contributed by atoms with E-state index in [0.29, 0.717) is 34.3 Å². The average Bonchev–Trinajstić information content (AvgIpc) is 3.24. The van der Waals surface area contributed by atoms with E-state index < -0.39 is 16.0 Å². The van der Waals surface area contributed by atoms with Gasteiger partial charge in [0.05, 0.1) is 30.3 Å². The first-order valence-corrected chi connectivity index (χ1v) is 12.9. The highest BCUT2D eigenvalue weighted by molar-refractivity contribution is 7.92. The molecule has 0 unspecified atom stereocenters. The summed E-state index contributed by atoms with van der Waals surface area (Å²) in [6.07, 6.45) is 4.04. The summed E-state index contributed by atoms with van der Waals surface area (Å²) < 4.78 is 35.8. The molecule has 0 aliphatic heterocycles. The van der Waals surface area contributed by atoms with Crippen LogP contribution in [0.1, 0.15) is 36.8 Å². The number of carboxylic acid groups (broad SMARTS) is 1. The molecule has 4 rings (SSSR count). The normalized spacial score (nSPS) is 11.4. The van der Waals surface area contributed by atoms with Gasteiger partial charge in [-0.25, -0.2) is 23.2 Å². The zero-order valence-corrected chi connectivity index (χ0v) is 21.9. The van der Waals surface area contributed by atoms with E-state index in [9.17, 15) is 13.2 Å². The van der Waals surface area contributed by atoms with E-state index in [1.165, 1.54) is 13.4 Å². The second-order valence-electron chi connectivity index (χ2n) is 9.13. The number of nitrogens with one attached hydrogen (secondary N) is 2. The predicted molar refractivity (Wildman–Crippen MR) is 142 cm³/mol. The molecule has 0 aliphatic rings. The molecular weight excluding hydrogens is 498 g/mol. The Balaban J connectivity index is 0.000000206. The first-order chi connectivity index (χ1) is 17.3. The number of sulfonamides is 1. The smallest absolute Gasteiger partial charge is 0.352 e. The quantitative estimate of drug-likeness (QED) is 0.265. The van der Waals surface area contributed by atoms with E-state index in [-0.39, 0.29) is 11.1 Å². The van der Waals surface area contributed by atoms with Gasteiger partial charge in [0, 0.05) is 17.6 Å². The minimum atomic E-state index is -3.37. The van der Waals surface area contributed by atoms with Crippen LogP contribution >= 0.6 is 0 Å². The number of hydrogen-bond acceptors (Lipinski definition) is 8. The van der Waals surface area contributed by atoms with Crippen molar-refractivity contribution in [3.63, 3.8) is 0 Å². The third-order valence-corrected chi connectivity index (χ3v) is 5.69. The van der Waals surface area contributed by atoms with Crippen LogP contribution in [0.3, 0.4) is 0 Å². The average molecular weight is 528 g/mol. The molecule has 11 nitrogen and oxygen atoms in total. The summed E-state index contributed by atoms with van der Waals surface area (Å²) in [6.45, 7) is 6.08. The number of aromatic carboxylic acids is 1. The van der Waals surface area contributed by atoms with Crippen molar-refractivity contribution in [1.29, 1.82) is 0 Å². The molecule has 0 aliphatic carbocycles. The number of carboxylic acids is 1. The number of aromatic nitrogens is 3. The fourth-order valence-corrected chi connectivity index (χ4v) is 3.92. The van der Waals surface area contributed by atoms with E-state index in [1.807, 2.05) is 26.8 Å². The number of carbonyl (C=O) groups is 1. The van der Waals surface area contributed by atoms with Crippen LogP contribution in [0.5, 0.6) is 17.4 Å².